The number of benzene rings is 2. The molecule has 2 aromatic carbocycles. The summed E-state index contributed by atoms with van der Waals surface area (Å²) >= 11 is 0. The van der Waals surface area contributed by atoms with Crippen LogP contribution in [0.5, 0.6) is 0 Å². The molecule has 1 saturated heterocycles. The number of hydrogen-bond donors (Lipinski definition) is 2. The maximum atomic E-state index is 13.6. The van der Waals surface area contributed by atoms with Crippen molar-refractivity contribution >= 4 is 23.8 Å². The Bertz CT molecular complexity index is 933. The van der Waals surface area contributed by atoms with E-state index in [0.717, 1.165) is 10.6 Å². The highest BCUT2D eigenvalue weighted by Crippen LogP contribution is 2.29. The Hall–Kier alpha value is -3.26. The molecular formula is C20H20FN5O2. The maximum absolute atomic E-state index is 13.6. The van der Waals surface area contributed by atoms with Crippen molar-refractivity contribution in [3.8, 4) is 0 Å². The standard InChI is InChI=1S/C20H20FN5O2/c1-13-7-8-15(9-16(13)21)23-19(27)11-25-20(28)18-10-17(24-26(18)12-22-25)14-5-3-2-4-6-14/h2-9,12,17-18,24H,10-11H2,1H3,(H,23,27). The second-order valence-electron chi connectivity index (χ2n) is 6.89. The van der Waals surface area contributed by atoms with Crippen molar-refractivity contribution in [1.29, 1.82) is 0 Å². The van der Waals surface area contributed by atoms with Crippen LogP contribution in [0, 0.1) is 12.7 Å². The number of rotatable bonds is 4. The lowest BCUT2D eigenvalue weighted by Gasteiger charge is -2.29. The van der Waals surface area contributed by atoms with E-state index in [1.54, 1.807) is 24.1 Å². The van der Waals surface area contributed by atoms with E-state index in [2.05, 4.69) is 15.8 Å². The first-order chi connectivity index (χ1) is 13.5. The quantitative estimate of drug-likeness (QED) is 0.851. The van der Waals surface area contributed by atoms with Gasteiger partial charge in [0.15, 0.2) is 0 Å². The third-order valence-electron chi connectivity index (χ3n) is 4.91. The molecule has 2 amide bonds. The van der Waals surface area contributed by atoms with Crippen molar-refractivity contribution < 1.29 is 14.0 Å². The lowest BCUT2D eigenvalue weighted by atomic mass is 10.0. The third-order valence-corrected chi connectivity index (χ3v) is 4.91. The van der Waals surface area contributed by atoms with Gasteiger partial charge in [0.05, 0.1) is 6.04 Å². The minimum atomic E-state index is -0.437. The van der Waals surface area contributed by atoms with Crippen LogP contribution in [0.4, 0.5) is 10.1 Å². The summed E-state index contributed by atoms with van der Waals surface area (Å²) in [5.74, 6) is -1.09. The molecule has 4 rings (SSSR count). The zero-order valence-corrected chi connectivity index (χ0v) is 15.3. The van der Waals surface area contributed by atoms with Crippen LogP contribution in [0.2, 0.25) is 0 Å². The van der Waals surface area contributed by atoms with Crippen LogP contribution in [-0.4, -0.2) is 40.8 Å². The smallest absolute Gasteiger partial charge is 0.267 e. The molecule has 7 nitrogen and oxygen atoms in total. The SMILES string of the molecule is Cc1ccc(NC(=O)CN2N=CN3NC(c4ccccc4)CC3C2=O)cc1F. The molecule has 0 saturated carbocycles. The van der Waals surface area contributed by atoms with Gasteiger partial charge < -0.3 is 5.32 Å². The van der Waals surface area contributed by atoms with Crippen LogP contribution in [0.3, 0.4) is 0 Å². The fourth-order valence-electron chi connectivity index (χ4n) is 3.36. The Kier molecular flexibility index (Phi) is 4.79. The molecule has 2 aliphatic rings. The zero-order valence-electron chi connectivity index (χ0n) is 15.3. The van der Waals surface area contributed by atoms with Crippen molar-refractivity contribution in [1.82, 2.24) is 15.4 Å². The van der Waals surface area contributed by atoms with Crippen LogP contribution in [-0.2, 0) is 9.59 Å². The first kappa shape index (κ1) is 18.1. The minimum Gasteiger partial charge on any atom is -0.324 e. The van der Waals surface area contributed by atoms with E-state index < -0.39 is 17.8 Å². The maximum Gasteiger partial charge on any atom is 0.267 e. The average molecular weight is 381 g/mol. The van der Waals surface area contributed by atoms with Gasteiger partial charge in [-0.1, -0.05) is 36.4 Å². The van der Waals surface area contributed by atoms with Crippen LogP contribution < -0.4 is 10.7 Å². The summed E-state index contributed by atoms with van der Waals surface area (Å²) in [6.07, 6.45) is 2.10. The first-order valence-corrected chi connectivity index (χ1v) is 9.02. The van der Waals surface area contributed by atoms with E-state index in [0.29, 0.717) is 17.7 Å². The zero-order chi connectivity index (χ0) is 19.7. The third kappa shape index (κ3) is 3.59. The van der Waals surface area contributed by atoms with Gasteiger partial charge in [-0.3, -0.25) is 14.6 Å². The Morgan fingerprint density at radius 1 is 1.29 bits per heavy atom. The predicted octanol–water partition coefficient (Wildman–Crippen LogP) is 2.18. The average Bonchev–Trinajstić information content (AvgIpc) is 3.13. The number of halogens is 1. The summed E-state index contributed by atoms with van der Waals surface area (Å²) in [6.45, 7) is 1.41. The number of carbonyl (C=O) groups is 2. The topological polar surface area (TPSA) is 77.0 Å². The minimum absolute atomic E-state index is 0.00547. The molecule has 8 heteroatoms. The second kappa shape index (κ2) is 7.40. The Morgan fingerprint density at radius 3 is 2.82 bits per heavy atom. The van der Waals surface area contributed by atoms with E-state index in [9.17, 15) is 14.0 Å². The summed E-state index contributed by atoms with van der Waals surface area (Å²) in [7, 11) is 0. The van der Waals surface area contributed by atoms with Gasteiger partial charge in [-0.25, -0.2) is 14.8 Å². The summed E-state index contributed by atoms with van der Waals surface area (Å²) in [4.78, 5) is 25.0. The van der Waals surface area contributed by atoms with Crippen LogP contribution in [0.15, 0.2) is 53.6 Å². The predicted molar refractivity (Wildman–Crippen MR) is 103 cm³/mol. The van der Waals surface area contributed by atoms with Gasteiger partial charge in [-0.2, -0.15) is 5.10 Å². The van der Waals surface area contributed by atoms with Gasteiger partial charge in [-0.05, 0) is 36.6 Å². The van der Waals surface area contributed by atoms with Crippen LogP contribution in [0.1, 0.15) is 23.6 Å². The molecule has 2 aliphatic heterocycles. The van der Waals surface area contributed by atoms with Crippen molar-refractivity contribution in [2.24, 2.45) is 5.10 Å². The summed E-state index contributed by atoms with van der Waals surface area (Å²) in [5, 5.41) is 9.51. The molecule has 0 spiro atoms. The highest BCUT2D eigenvalue weighted by Gasteiger charge is 2.41. The number of anilines is 1. The van der Waals surface area contributed by atoms with Gasteiger partial charge in [0.1, 0.15) is 24.7 Å². The number of nitrogens with one attached hydrogen (secondary N) is 2. The normalized spacial score (nSPS) is 21.0. The summed E-state index contributed by atoms with van der Waals surface area (Å²) in [6, 6.07) is 13.9. The molecule has 2 N–H and O–H groups in total. The van der Waals surface area contributed by atoms with Crippen molar-refractivity contribution in [3.63, 3.8) is 0 Å². The molecule has 0 aliphatic carbocycles. The molecule has 0 bridgehead atoms. The van der Waals surface area contributed by atoms with Gasteiger partial charge >= 0.3 is 0 Å². The molecule has 0 radical (unpaired) electrons. The highest BCUT2D eigenvalue weighted by molar-refractivity contribution is 5.96. The van der Waals surface area contributed by atoms with Crippen molar-refractivity contribution in [2.75, 3.05) is 11.9 Å². The summed E-state index contributed by atoms with van der Waals surface area (Å²) < 4.78 is 13.6. The fraction of sp³-hybridized carbons (Fsp3) is 0.250. The molecule has 2 unspecified atom stereocenters. The second-order valence-corrected chi connectivity index (χ2v) is 6.89. The number of amides is 2. The number of aryl methyl sites for hydroxylation is 1. The Balaban J connectivity index is 1.39. The van der Waals surface area contributed by atoms with E-state index in [1.165, 1.54) is 12.4 Å². The number of hydrazone groups is 1. The van der Waals surface area contributed by atoms with Crippen LogP contribution in [0.25, 0.3) is 0 Å². The molecule has 2 atom stereocenters. The lowest BCUT2D eigenvalue weighted by Crippen LogP contribution is -2.52. The Labute approximate surface area is 161 Å². The molecule has 2 aromatic rings. The fourth-order valence-corrected chi connectivity index (χ4v) is 3.36. The monoisotopic (exact) mass is 381 g/mol. The molecule has 0 aromatic heterocycles. The van der Waals surface area contributed by atoms with Crippen LogP contribution >= 0.6 is 0 Å². The Morgan fingerprint density at radius 2 is 2.07 bits per heavy atom. The van der Waals surface area contributed by atoms with E-state index in [-0.39, 0.29) is 18.5 Å². The van der Waals surface area contributed by atoms with Gasteiger partial charge in [0, 0.05) is 5.69 Å². The van der Waals surface area contributed by atoms with E-state index >= 15 is 0 Å². The molecule has 1 fully saturated rings. The van der Waals surface area contributed by atoms with E-state index in [1.807, 2.05) is 30.3 Å². The number of nitrogens with zero attached hydrogens (tertiary/aromatic N) is 3. The van der Waals surface area contributed by atoms with Crippen molar-refractivity contribution in [3.05, 3.63) is 65.5 Å². The number of hydrogen-bond acceptors (Lipinski definition) is 5. The molecule has 144 valence electrons. The van der Waals surface area contributed by atoms with Gasteiger partial charge in [-0.15, -0.1) is 0 Å². The number of hydrazine groups is 1. The largest absolute Gasteiger partial charge is 0.324 e. The van der Waals surface area contributed by atoms with Gasteiger partial charge in [0.25, 0.3) is 5.91 Å². The van der Waals surface area contributed by atoms with Crippen molar-refractivity contribution in [2.45, 2.75) is 25.4 Å². The first-order valence-electron chi connectivity index (χ1n) is 9.02. The highest BCUT2D eigenvalue weighted by atomic mass is 19.1. The van der Waals surface area contributed by atoms with E-state index in [4.69, 9.17) is 0 Å². The van der Waals surface area contributed by atoms with Gasteiger partial charge in [0.2, 0.25) is 5.91 Å². The molecular weight excluding hydrogens is 361 g/mol. The molecule has 2 heterocycles. The number of fused-ring (bicyclic) bond motifs is 1. The lowest BCUT2D eigenvalue weighted by molar-refractivity contribution is -0.139. The summed E-state index contributed by atoms with van der Waals surface area (Å²) in [5.41, 5.74) is 5.18. The molecule has 28 heavy (non-hydrogen) atoms. The number of carbonyl (C=O) groups excluding carboxylic acids is 2.